The number of alkyl halides is 1. The predicted molar refractivity (Wildman–Crippen MR) is 62.5 cm³/mol. The van der Waals surface area contributed by atoms with Crippen LogP contribution in [0.5, 0.6) is 0 Å². The molecule has 0 saturated carbocycles. The first-order valence-electron chi connectivity index (χ1n) is 5.45. The highest BCUT2D eigenvalue weighted by atomic mass is 79.9. The minimum absolute atomic E-state index is 0.108. The van der Waals surface area contributed by atoms with Crippen molar-refractivity contribution in [2.75, 3.05) is 20.3 Å². The molecule has 1 unspecified atom stereocenters. The van der Waals surface area contributed by atoms with Crippen molar-refractivity contribution in [3.63, 3.8) is 0 Å². The summed E-state index contributed by atoms with van der Waals surface area (Å²) in [5.41, 5.74) is 0. The third-order valence-electron chi connectivity index (χ3n) is 2.71. The zero-order chi connectivity index (χ0) is 11.4. The highest BCUT2D eigenvalue weighted by molar-refractivity contribution is 9.08. The molecule has 1 atom stereocenters. The average molecular weight is 290 g/mol. The molecule has 0 aliphatic carbocycles. The molecule has 0 amide bonds. The van der Waals surface area contributed by atoms with Crippen molar-refractivity contribution >= 4 is 15.9 Å². The van der Waals surface area contributed by atoms with Gasteiger partial charge in [0.25, 0.3) is 0 Å². The lowest BCUT2D eigenvalue weighted by Crippen LogP contribution is -2.13. The Morgan fingerprint density at radius 3 is 3.06 bits per heavy atom. The zero-order valence-electron chi connectivity index (χ0n) is 9.36. The average Bonchev–Trinajstić information content (AvgIpc) is 2.94. The number of rotatable bonds is 5. The minimum Gasteiger partial charge on any atom is -0.383 e. The van der Waals surface area contributed by atoms with Gasteiger partial charge in [-0.15, -0.1) is 10.2 Å². The molecule has 16 heavy (non-hydrogen) atoms. The predicted octanol–water partition coefficient (Wildman–Crippen LogP) is 1.67. The molecule has 1 aliphatic heterocycles. The third kappa shape index (κ3) is 2.44. The summed E-state index contributed by atoms with van der Waals surface area (Å²) in [5.74, 6) is 1.87. The maximum absolute atomic E-state index is 5.64. The minimum atomic E-state index is 0.108. The molecular formula is C10H16BrN3O2. The monoisotopic (exact) mass is 289 g/mol. The normalized spacial score (nSPS) is 20.5. The van der Waals surface area contributed by atoms with E-state index in [0.717, 1.165) is 37.6 Å². The van der Waals surface area contributed by atoms with E-state index >= 15 is 0 Å². The second-order valence-electron chi connectivity index (χ2n) is 3.75. The first-order chi connectivity index (χ1) is 7.86. The number of halogens is 1. The van der Waals surface area contributed by atoms with E-state index < -0.39 is 0 Å². The molecule has 0 spiro atoms. The molecule has 90 valence electrons. The van der Waals surface area contributed by atoms with E-state index in [4.69, 9.17) is 9.47 Å². The van der Waals surface area contributed by atoms with Crippen molar-refractivity contribution in [2.45, 2.75) is 30.8 Å². The largest absolute Gasteiger partial charge is 0.383 e. The van der Waals surface area contributed by atoms with E-state index in [1.807, 2.05) is 0 Å². The second-order valence-corrected chi connectivity index (χ2v) is 4.31. The second kappa shape index (κ2) is 5.75. The van der Waals surface area contributed by atoms with Crippen molar-refractivity contribution in [1.29, 1.82) is 0 Å². The fraction of sp³-hybridized carbons (Fsp3) is 0.800. The Morgan fingerprint density at radius 1 is 1.56 bits per heavy atom. The highest BCUT2D eigenvalue weighted by Gasteiger charge is 2.24. The summed E-state index contributed by atoms with van der Waals surface area (Å²) in [6.45, 7) is 2.27. The van der Waals surface area contributed by atoms with Gasteiger partial charge in [0.2, 0.25) is 0 Å². The van der Waals surface area contributed by atoms with Crippen LogP contribution in [0, 0.1) is 0 Å². The summed E-state index contributed by atoms with van der Waals surface area (Å²) in [5, 5.41) is 9.09. The molecule has 2 rings (SSSR count). The Kier molecular flexibility index (Phi) is 4.31. The Morgan fingerprint density at radius 2 is 2.44 bits per heavy atom. The van der Waals surface area contributed by atoms with Gasteiger partial charge in [-0.1, -0.05) is 15.9 Å². The summed E-state index contributed by atoms with van der Waals surface area (Å²) >= 11 is 3.42. The SMILES string of the molecule is COCCn1c(CBr)nnc1C1CCCO1. The van der Waals surface area contributed by atoms with Gasteiger partial charge in [-0.25, -0.2) is 0 Å². The van der Waals surface area contributed by atoms with Crippen molar-refractivity contribution in [3.8, 4) is 0 Å². The molecule has 0 bridgehead atoms. The maximum Gasteiger partial charge on any atom is 0.162 e. The van der Waals surface area contributed by atoms with Gasteiger partial charge >= 0.3 is 0 Å². The number of ether oxygens (including phenoxy) is 2. The fourth-order valence-electron chi connectivity index (χ4n) is 1.89. The van der Waals surface area contributed by atoms with Crippen LogP contribution < -0.4 is 0 Å². The van der Waals surface area contributed by atoms with Crippen LogP contribution in [0.4, 0.5) is 0 Å². The van der Waals surface area contributed by atoms with Crippen LogP contribution in [-0.2, 0) is 21.3 Å². The third-order valence-corrected chi connectivity index (χ3v) is 3.21. The molecule has 1 fully saturated rings. The van der Waals surface area contributed by atoms with Gasteiger partial charge in [-0.05, 0) is 12.8 Å². The van der Waals surface area contributed by atoms with Gasteiger partial charge in [0.1, 0.15) is 11.9 Å². The number of aromatic nitrogens is 3. The molecule has 1 aromatic heterocycles. The number of hydrogen-bond acceptors (Lipinski definition) is 4. The Balaban J connectivity index is 2.18. The van der Waals surface area contributed by atoms with Crippen LogP contribution in [0.15, 0.2) is 0 Å². The molecule has 6 heteroatoms. The summed E-state index contributed by atoms with van der Waals surface area (Å²) < 4.78 is 12.8. The topological polar surface area (TPSA) is 49.2 Å². The summed E-state index contributed by atoms with van der Waals surface area (Å²) in [4.78, 5) is 0. The Labute approximate surface area is 103 Å². The van der Waals surface area contributed by atoms with E-state index in [0.29, 0.717) is 11.9 Å². The van der Waals surface area contributed by atoms with Crippen molar-refractivity contribution in [1.82, 2.24) is 14.8 Å². The van der Waals surface area contributed by atoms with Gasteiger partial charge < -0.3 is 14.0 Å². The molecular weight excluding hydrogens is 274 g/mol. The highest BCUT2D eigenvalue weighted by Crippen LogP contribution is 2.27. The van der Waals surface area contributed by atoms with Gasteiger partial charge in [0, 0.05) is 20.3 Å². The number of hydrogen-bond donors (Lipinski definition) is 0. The van der Waals surface area contributed by atoms with Crippen molar-refractivity contribution in [3.05, 3.63) is 11.6 Å². The molecule has 0 aromatic carbocycles. The fourth-order valence-corrected chi connectivity index (χ4v) is 2.31. The van der Waals surface area contributed by atoms with Crippen LogP contribution in [0.1, 0.15) is 30.6 Å². The van der Waals surface area contributed by atoms with Gasteiger partial charge in [0.05, 0.1) is 11.9 Å². The van der Waals surface area contributed by atoms with E-state index in [1.54, 1.807) is 7.11 Å². The van der Waals surface area contributed by atoms with Gasteiger partial charge in [-0.2, -0.15) is 0 Å². The first-order valence-corrected chi connectivity index (χ1v) is 6.57. The van der Waals surface area contributed by atoms with Crippen molar-refractivity contribution in [2.24, 2.45) is 0 Å². The zero-order valence-corrected chi connectivity index (χ0v) is 10.9. The molecule has 2 heterocycles. The van der Waals surface area contributed by atoms with E-state index in [2.05, 4.69) is 30.7 Å². The lowest BCUT2D eigenvalue weighted by Gasteiger charge is -2.12. The van der Waals surface area contributed by atoms with E-state index in [1.165, 1.54) is 0 Å². The molecule has 1 aromatic rings. The Bertz CT molecular complexity index is 337. The van der Waals surface area contributed by atoms with E-state index in [9.17, 15) is 0 Å². The lowest BCUT2D eigenvalue weighted by molar-refractivity contribution is 0.0990. The molecule has 0 radical (unpaired) electrons. The summed E-state index contributed by atoms with van der Waals surface area (Å²) in [7, 11) is 1.70. The van der Waals surface area contributed by atoms with Crippen LogP contribution in [0.3, 0.4) is 0 Å². The lowest BCUT2D eigenvalue weighted by atomic mass is 10.2. The van der Waals surface area contributed by atoms with Crippen LogP contribution in [-0.4, -0.2) is 35.1 Å². The summed E-state index contributed by atoms with van der Waals surface area (Å²) in [6, 6.07) is 0. The summed E-state index contributed by atoms with van der Waals surface area (Å²) in [6.07, 6.45) is 2.25. The maximum atomic E-state index is 5.64. The Hall–Kier alpha value is -0.460. The van der Waals surface area contributed by atoms with Crippen LogP contribution in [0.2, 0.25) is 0 Å². The van der Waals surface area contributed by atoms with Crippen molar-refractivity contribution < 1.29 is 9.47 Å². The van der Waals surface area contributed by atoms with Crippen LogP contribution >= 0.6 is 15.9 Å². The quantitative estimate of drug-likeness (QED) is 0.774. The molecule has 1 saturated heterocycles. The molecule has 1 aliphatic rings. The smallest absolute Gasteiger partial charge is 0.162 e. The standard InChI is InChI=1S/C10H16BrN3O2/c1-15-6-4-14-9(7-11)12-13-10(14)8-3-2-5-16-8/h8H,2-7H2,1H3. The van der Waals surface area contributed by atoms with E-state index in [-0.39, 0.29) is 6.10 Å². The number of methoxy groups -OCH3 is 1. The number of nitrogens with zero attached hydrogens (tertiary/aromatic N) is 3. The molecule has 0 N–H and O–H groups in total. The molecule has 5 nitrogen and oxygen atoms in total. The van der Waals surface area contributed by atoms with Crippen LogP contribution in [0.25, 0.3) is 0 Å². The van der Waals surface area contributed by atoms with Gasteiger partial charge in [-0.3, -0.25) is 0 Å². The van der Waals surface area contributed by atoms with Gasteiger partial charge in [0.15, 0.2) is 5.82 Å². The first kappa shape index (κ1) is 12.0.